The van der Waals surface area contributed by atoms with Crippen LogP contribution in [0.15, 0.2) is 54.7 Å². The third-order valence-corrected chi connectivity index (χ3v) is 6.61. The van der Waals surface area contributed by atoms with Crippen molar-refractivity contribution in [2.75, 3.05) is 0 Å². The largest absolute Gasteiger partial charge is 0.358 e. The van der Waals surface area contributed by atoms with E-state index in [4.69, 9.17) is 4.98 Å². The van der Waals surface area contributed by atoms with Gasteiger partial charge in [-0.1, -0.05) is 57.3 Å². The molecule has 0 aliphatic heterocycles. The summed E-state index contributed by atoms with van der Waals surface area (Å²) < 4.78 is 2.37. The van der Waals surface area contributed by atoms with Crippen LogP contribution in [0.5, 0.6) is 0 Å². The van der Waals surface area contributed by atoms with E-state index in [1.807, 2.05) is 6.07 Å². The van der Waals surface area contributed by atoms with Crippen molar-refractivity contribution >= 4 is 27.3 Å². The van der Waals surface area contributed by atoms with Gasteiger partial charge in [0, 0.05) is 70.1 Å². The van der Waals surface area contributed by atoms with Crippen molar-refractivity contribution in [2.24, 2.45) is 0 Å². The van der Waals surface area contributed by atoms with E-state index in [9.17, 15) is 0 Å². The van der Waals surface area contributed by atoms with Crippen LogP contribution in [0.1, 0.15) is 61.8 Å². The topological polar surface area (TPSA) is 17.3 Å². The molecule has 176 valence electrons. The molecule has 0 amide bonds. The van der Waals surface area contributed by atoms with Crippen molar-refractivity contribution in [1.29, 1.82) is 0 Å². The molecule has 0 saturated heterocycles. The van der Waals surface area contributed by atoms with Gasteiger partial charge >= 0.3 is 0 Å². The first-order chi connectivity index (χ1) is 14.9. The van der Waals surface area contributed by atoms with Crippen molar-refractivity contribution in [1.82, 2.24) is 9.38 Å². The van der Waals surface area contributed by atoms with Crippen LogP contribution in [0, 0.1) is 27.3 Å². The van der Waals surface area contributed by atoms with Crippen LogP contribution in [0.2, 0.25) is 0 Å². The first-order valence-electron chi connectivity index (χ1n) is 11.2. The number of fused-ring (bicyclic) bond motifs is 6. The zero-order chi connectivity index (χ0) is 21.9. The Labute approximate surface area is 242 Å². The molecule has 5 aromatic rings. The summed E-state index contributed by atoms with van der Waals surface area (Å²) >= 11 is 0. The average Bonchev–Trinajstić information content (AvgIpc) is 3.19. The van der Waals surface area contributed by atoms with Crippen LogP contribution >= 0.6 is 0 Å². The summed E-state index contributed by atoms with van der Waals surface area (Å²) in [5.41, 5.74) is 10.1. The van der Waals surface area contributed by atoms with E-state index in [-0.39, 0.29) is 60.2 Å². The van der Waals surface area contributed by atoms with Gasteiger partial charge in [0.25, 0.3) is 0 Å². The number of aromatic nitrogens is 2. The third kappa shape index (κ3) is 4.58. The van der Waals surface area contributed by atoms with Crippen LogP contribution in [0.3, 0.4) is 0 Å². The van der Waals surface area contributed by atoms with Crippen molar-refractivity contribution in [3.63, 3.8) is 0 Å². The van der Waals surface area contributed by atoms with E-state index < -0.39 is 0 Å². The second kappa shape index (κ2) is 11.1. The molecule has 0 fully saturated rings. The number of rotatable bonds is 3. The number of hydrogen-bond donors (Lipinski definition) is 0. The average molecular weight is 702 g/mol. The van der Waals surface area contributed by atoms with E-state index in [1.54, 1.807) is 0 Å². The number of hydrogen-bond acceptors (Lipinski definition) is 1. The quantitative estimate of drug-likeness (QED) is 0.137. The Bertz CT molecular complexity index is 1440. The summed E-state index contributed by atoms with van der Waals surface area (Å²) in [7, 11) is 0. The minimum Gasteiger partial charge on any atom is -0.358 e. The minimum absolute atomic E-state index is 0. The van der Waals surface area contributed by atoms with Crippen molar-refractivity contribution in [2.45, 2.75) is 53.4 Å². The Morgan fingerprint density at radius 1 is 0.853 bits per heavy atom. The van der Waals surface area contributed by atoms with Crippen LogP contribution < -0.4 is 0 Å². The SMILES string of the molecule is Cc1cc2c3ccc[c-]c3c3ncc(-c4c(C(C)C)cccc4C(C)C)n3c2cc1C.[CH3-].[Ir].[Y]. The number of nitrogens with zero attached hydrogens (tertiary/aromatic N) is 2. The van der Waals surface area contributed by atoms with Gasteiger partial charge in [0.15, 0.2) is 0 Å². The molecule has 3 aromatic carbocycles. The van der Waals surface area contributed by atoms with Crippen molar-refractivity contribution < 1.29 is 52.8 Å². The molecule has 0 atom stereocenters. The van der Waals surface area contributed by atoms with Gasteiger partial charge in [-0.15, -0.1) is 29.7 Å². The standard InChI is InChI=1S/C29H29N2.CH3.Ir.Y/c1-17(2)21-12-9-13-22(18(3)4)28(21)27-16-30-29-24-11-8-7-10-23(24)25-14-19(5)20(6)15-26(25)31(27)29;;;/h7-10,12-18H,1-6H3;1H3;;/q2*-1;;. The molecule has 0 aliphatic carbocycles. The molecule has 34 heavy (non-hydrogen) atoms. The monoisotopic (exact) mass is 702 g/mol. The van der Waals surface area contributed by atoms with Gasteiger partial charge in [0.05, 0.1) is 11.3 Å². The molecule has 2 heterocycles. The zero-order valence-corrected chi connectivity index (χ0v) is 26.4. The third-order valence-electron chi connectivity index (χ3n) is 6.61. The Morgan fingerprint density at radius 2 is 1.47 bits per heavy atom. The van der Waals surface area contributed by atoms with E-state index in [1.165, 1.54) is 49.8 Å². The molecular weight excluding hydrogens is 669 g/mol. The first kappa shape index (κ1) is 28.9. The molecule has 0 spiro atoms. The second-order valence-corrected chi connectivity index (χ2v) is 9.34. The zero-order valence-electron chi connectivity index (χ0n) is 21.2. The normalized spacial score (nSPS) is 11.1. The summed E-state index contributed by atoms with van der Waals surface area (Å²) in [5.74, 6) is 0.864. The summed E-state index contributed by atoms with van der Waals surface area (Å²) in [6, 6.07) is 21.1. The maximum absolute atomic E-state index is 4.96. The molecule has 4 heteroatoms. The fourth-order valence-electron chi connectivity index (χ4n) is 4.84. The summed E-state index contributed by atoms with van der Waals surface area (Å²) in [4.78, 5) is 4.96. The molecule has 0 saturated carbocycles. The molecule has 0 aliphatic rings. The predicted octanol–water partition coefficient (Wildman–Crippen LogP) is 8.42. The van der Waals surface area contributed by atoms with Gasteiger partial charge in [-0.05, 0) is 59.4 Å². The van der Waals surface area contributed by atoms with E-state index in [0.29, 0.717) is 11.8 Å². The second-order valence-electron chi connectivity index (χ2n) is 9.34. The van der Waals surface area contributed by atoms with Gasteiger partial charge in [-0.2, -0.15) is 0 Å². The molecule has 0 bridgehead atoms. The van der Waals surface area contributed by atoms with Crippen LogP contribution in [0.25, 0.3) is 38.6 Å². The fraction of sp³-hybridized carbons (Fsp3) is 0.267. The Balaban J connectivity index is 0.00000136. The molecule has 0 unspecified atom stereocenters. The van der Waals surface area contributed by atoms with Crippen molar-refractivity contribution in [3.8, 4) is 11.3 Å². The smallest absolute Gasteiger partial charge is 0.0639 e. The summed E-state index contributed by atoms with van der Waals surface area (Å²) in [6.45, 7) is 13.5. The minimum atomic E-state index is 0. The molecule has 0 N–H and O–H groups in total. The molecule has 2 nitrogen and oxygen atoms in total. The first-order valence-corrected chi connectivity index (χ1v) is 11.2. The Morgan fingerprint density at radius 3 is 2.09 bits per heavy atom. The molecule has 5 rings (SSSR count). The van der Waals surface area contributed by atoms with Crippen LogP contribution in [-0.4, -0.2) is 9.38 Å². The summed E-state index contributed by atoms with van der Waals surface area (Å²) in [5, 5.41) is 3.55. The number of aryl methyl sites for hydroxylation is 2. The maximum atomic E-state index is 4.96. The van der Waals surface area contributed by atoms with E-state index in [0.717, 1.165) is 11.0 Å². The van der Waals surface area contributed by atoms with Gasteiger partial charge in [0.1, 0.15) is 0 Å². The van der Waals surface area contributed by atoms with Gasteiger partial charge in [0.2, 0.25) is 0 Å². The Hall–Kier alpha value is -1.38. The van der Waals surface area contributed by atoms with E-state index >= 15 is 0 Å². The van der Waals surface area contributed by atoms with Crippen LogP contribution in [-0.2, 0) is 52.8 Å². The molecule has 2 radical (unpaired) electrons. The van der Waals surface area contributed by atoms with Crippen LogP contribution in [0.4, 0.5) is 0 Å². The Kier molecular flexibility index (Phi) is 9.44. The number of benzene rings is 3. The molecular formula is C30H32IrN2Y-2. The fourth-order valence-corrected chi connectivity index (χ4v) is 4.84. The number of pyridine rings is 1. The van der Waals surface area contributed by atoms with Gasteiger partial charge in [-0.3, -0.25) is 4.98 Å². The molecule has 2 aromatic heterocycles. The van der Waals surface area contributed by atoms with Crippen molar-refractivity contribution in [3.05, 3.63) is 90.5 Å². The number of imidazole rings is 1. The van der Waals surface area contributed by atoms with E-state index in [2.05, 4.69) is 101 Å². The van der Waals surface area contributed by atoms with Gasteiger partial charge in [-0.25, -0.2) is 0 Å². The maximum Gasteiger partial charge on any atom is 0.0639 e. The summed E-state index contributed by atoms with van der Waals surface area (Å²) in [6.07, 6.45) is 2.07. The predicted molar refractivity (Wildman–Crippen MR) is 139 cm³/mol. The van der Waals surface area contributed by atoms with Gasteiger partial charge < -0.3 is 11.8 Å².